The second-order valence-corrected chi connectivity index (χ2v) is 3.54. The number of rotatable bonds is 2. The summed E-state index contributed by atoms with van der Waals surface area (Å²) in [4.78, 5) is 14.9. The first kappa shape index (κ1) is 9.79. The third-order valence-corrected chi connectivity index (χ3v) is 2.38. The van der Waals surface area contributed by atoms with E-state index in [1.807, 2.05) is 0 Å². The summed E-state index contributed by atoms with van der Waals surface area (Å²) in [7, 11) is 0. The number of fused-ring (bicyclic) bond motifs is 1. The molecule has 6 heteroatoms. The van der Waals surface area contributed by atoms with Gasteiger partial charge in [-0.2, -0.15) is 0 Å². The average molecular weight is 225 g/mol. The summed E-state index contributed by atoms with van der Waals surface area (Å²) in [6.45, 7) is 0.00265. The van der Waals surface area contributed by atoms with Crippen molar-refractivity contribution in [3.63, 3.8) is 0 Å². The smallest absolute Gasteiger partial charge is 0.237 e. The van der Waals surface area contributed by atoms with Crippen LogP contribution in [0.2, 0.25) is 5.02 Å². The van der Waals surface area contributed by atoms with Crippen LogP contribution < -0.4 is 11.5 Å². The van der Waals surface area contributed by atoms with Crippen molar-refractivity contribution in [2.45, 2.75) is 6.54 Å². The number of para-hydroxylation sites is 1. The van der Waals surface area contributed by atoms with Crippen molar-refractivity contribution in [1.29, 1.82) is 0 Å². The van der Waals surface area contributed by atoms with E-state index in [-0.39, 0.29) is 12.5 Å². The highest BCUT2D eigenvalue weighted by Gasteiger charge is 2.11. The fourth-order valence-corrected chi connectivity index (χ4v) is 1.66. The summed E-state index contributed by atoms with van der Waals surface area (Å²) in [5.74, 6) is -0.238. The van der Waals surface area contributed by atoms with E-state index in [1.165, 1.54) is 4.57 Å². The lowest BCUT2D eigenvalue weighted by Gasteiger charge is -2.02. The molecule has 0 unspecified atom stereocenters. The van der Waals surface area contributed by atoms with Crippen LogP contribution in [-0.4, -0.2) is 15.5 Å². The number of imidazole rings is 1. The van der Waals surface area contributed by atoms with E-state index >= 15 is 0 Å². The van der Waals surface area contributed by atoms with E-state index in [1.54, 1.807) is 18.2 Å². The number of primary amides is 1. The summed E-state index contributed by atoms with van der Waals surface area (Å²) in [5.41, 5.74) is 12.1. The first-order valence-electron chi connectivity index (χ1n) is 4.28. The van der Waals surface area contributed by atoms with Crippen LogP contribution in [0.15, 0.2) is 18.2 Å². The molecule has 0 saturated carbocycles. The SMILES string of the molecule is NC(=O)Cn1c(N)nc2c(Cl)cccc21. The minimum atomic E-state index is -0.471. The van der Waals surface area contributed by atoms with Crippen molar-refractivity contribution < 1.29 is 4.79 Å². The van der Waals surface area contributed by atoms with Gasteiger partial charge in [0, 0.05) is 0 Å². The average Bonchev–Trinajstić information content (AvgIpc) is 2.45. The van der Waals surface area contributed by atoms with Crippen LogP contribution in [0.3, 0.4) is 0 Å². The van der Waals surface area contributed by atoms with Crippen LogP contribution in [0.5, 0.6) is 0 Å². The van der Waals surface area contributed by atoms with E-state index in [9.17, 15) is 4.79 Å². The number of carbonyl (C=O) groups is 1. The predicted octanol–water partition coefficient (Wildman–Crippen LogP) is 0.757. The molecule has 5 nitrogen and oxygen atoms in total. The van der Waals surface area contributed by atoms with Gasteiger partial charge in [-0.15, -0.1) is 0 Å². The van der Waals surface area contributed by atoms with Gasteiger partial charge in [0.2, 0.25) is 11.9 Å². The molecule has 78 valence electrons. The molecule has 4 N–H and O–H groups in total. The Morgan fingerprint density at radius 3 is 2.93 bits per heavy atom. The number of anilines is 1. The van der Waals surface area contributed by atoms with Crippen molar-refractivity contribution in [3.8, 4) is 0 Å². The lowest BCUT2D eigenvalue weighted by atomic mass is 10.3. The maximum Gasteiger partial charge on any atom is 0.237 e. The summed E-state index contributed by atoms with van der Waals surface area (Å²) < 4.78 is 1.53. The van der Waals surface area contributed by atoms with Crippen LogP contribution >= 0.6 is 11.6 Å². The quantitative estimate of drug-likeness (QED) is 0.790. The van der Waals surface area contributed by atoms with Crippen molar-refractivity contribution in [3.05, 3.63) is 23.2 Å². The molecule has 2 rings (SSSR count). The number of benzene rings is 1. The highest BCUT2D eigenvalue weighted by Crippen LogP contribution is 2.24. The van der Waals surface area contributed by atoms with Crippen molar-refractivity contribution >= 4 is 34.5 Å². The van der Waals surface area contributed by atoms with Gasteiger partial charge in [-0.05, 0) is 12.1 Å². The zero-order valence-electron chi connectivity index (χ0n) is 7.77. The summed E-state index contributed by atoms with van der Waals surface area (Å²) in [6, 6.07) is 5.27. The molecule has 0 spiro atoms. The molecule has 15 heavy (non-hydrogen) atoms. The molecular weight excluding hydrogens is 216 g/mol. The summed E-state index contributed by atoms with van der Waals surface area (Å²) in [5, 5.41) is 0.502. The molecule has 1 amide bonds. The Morgan fingerprint density at radius 1 is 1.53 bits per heavy atom. The molecule has 0 radical (unpaired) electrons. The highest BCUT2D eigenvalue weighted by molar-refractivity contribution is 6.35. The zero-order valence-corrected chi connectivity index (χ0v) is 8.53. The third-order valence-electron chi connectivity index (χ3n) is 2.07. The second kappa shape index (κ2) is 3.43. The van der Waals surface area contributed by atoms with E-state index < -0.39 is 5.91 Å². The molecule has 0 aliphatic carbocycles. The first-order valence-corrected chi connectivity index (χ1v) is 4.66. The first-order chi connectivity index (χ1) is 7.09. The highest BCUT2D eigenvalue weighted by atomic mass is 35.5. The topological polar surface area (TPSA) is 86.9 Å². The molecular formula is C9H9ClN4O. The normalized spacial score (nSPS) is 10.7. The summed E-state index contributed by atoms with van der Waals surface area (Å²) >= 11 is 5.93. The fraction of sp³-hybridized carbons (Fsp3) is 0.111. The van der Waals surface area contributed by atoms with Gasteiger partial charge < -0.3 is 16.0 Å². The maximum atomic E-state index is 10.8. The van der Waals surface area contributed by atoms with Crippen molar-refractivity contribution in [1.82, 2.24) is 9.55 Å². The minimum Gasteiger partial charge on any atom is -0.369 e. The van der Waals surface area contributed by atoms with E-state index in [2.05, 4.69) is 4.98 Å². The Balaban J connectivity index is 2.68. The van der Waals surface area contributed by atoms with Crippen LogP contribution in [0.4, 0.5) is 5.95 Å². The van der Waals surface area contributed by atoms with Crippen molar-refractivity contribution in [2.75, 3.05) is 5.73 Å². The minimum absolute atomic E-state index is 0.00265. The Bertz CT molecular complexity index is 534. The molecule has 0 atom stereocenters. The molecule has 0 aliphatic rings. The molecule has 1 aromatic heterocycles. The number of nitrogens with zero attached hydrogens (tertiary/aromatic N) is 2. The largest absolute Gasteiger partial charge is 0.369 e. The van der Waals surface area contributed by atoms with Crippen molar-refractivity contribution in [2.24, 2.45) is 5.73 Å². The molecule has 0 saturated heterocycles. The van der Waals surface area contributed by atoms with Gasteiger partial charge in [0.05, 0.1) is 10.5 Å². The van der Waals surface area contributed by atoms with Gasteiger partial charge in [-0.3, -0.25) is 4.79 Å². The number of nitrogen functional groups attached to an aromatic ring is 1. The molecule has 0 aliphatic heterocycles. The maximum absolute atomic E-state index is 10.8. The van der Waals surface area contributed by atoms with Gasteiger partial charge in [0.1, 0.15) is 12.1 Å². The van der Waals surface area contributed by atoms with Crippen LogP contribution in [0, 0.1) is 0 Å². The van der Waals surface area contributed by atoms with E-state index in [0.717, 1.165) is 0 Å². The van der Waals surface area contributed by atoms with Crippen LogP contribution in [0.25, 0.3) is 11.0 Å². The second-order valence-electron chi connectivity index (χ2n) is 3.13. The molecule has 0 bridgehead atoms. The predicted molar refractivity (Wildman–Crippen MR) is 58.3 cm³/mol. The standard InChI is InChI=1S/C9H9ClN4O/c10-5-2-1-3-6-8(5)13-9(12)14(6)4-7(11)15/h1-3H,4H2,(H2,11,15)(H2,12,13). The lowest BCUT2D eigenvalue weighted by Crippen LogP contribution is -2.19. The van der Waals surface area contributed by atoms with Gasteiger partial charge in [0.15, 0.2) is 0 Å². The molecule has 0 fully saturated rings. The van der Waals surface area contributed by atoms with Gasteiger partial charge in [-0.25, -0.2) is 4.98 Å². The number of aromatic nitrogens is 2. The third kappa shape index (κ3) is 1.61. The van der Waals surface area contributed by atoms with Gasteiger partial charge >= 0.3 is 0 Å². The number of carbonyl (C=O) groups excluding carboxylic acids is 1. The molecule has 2 aromatic rings. The van der Waals surface area contributed by atoms with E-state index in [4.69, 9.17) is 23.1 Å². The number of hydrogen-bond acceptors (Lipinski definition) is 3. The molecule has 1 aromatic carbocycles. The van der Waals surface area contributed by atoms with Gasteiger partial charge in [0.25, 0.3) is 0 Å². The lowest BCUT2D eigenvalue weighted by molar-refractivity contribution is -0.118. The Morgan fingerprint density at radius 2 is 2.27 bits per heavy atom. The zero-order chi connectivity index (χ0) is 11.0. The van der Waals surface area contributed by atoms with Crippen LogP contribution in [0.1, 0.15) is 0 Å². The Labute approximate surface area is 90.6 Å². The fourth-order valence-electron chi connectivity index (χ4n) is 1.45. The Kier molecular flexibility index (Phi) is 2.24. The summed E-state index contributed by atoms with van der Waals surface area (Å²) in [6.07, 6.45) is 0. The number of hydrogen-bond donors (Lipinski definition) is 2. The monoisotopic (exact) mass is 224 g/mol. The number of amides is 1. The van der Waals surface area contributed by atoms with E-state index in [0.29, 0.717) is 16.1 Å². The van der Waals surface area contributed by atoms with Gasteiger partial charge in [-0.1, -0.05) is 17.7 Å². The number of halogens is 1. The Hall–Kier alpha value is -1.75. The number of nitrogens with two attached hydrogens (primary N) is 2. The molecule has 1 heterocycles. The van der Waals surface area contributed by atoms with Crippen LogP contribution in [-0.2, 0) is 11.3 Å².